The van der Waals surface area contributed by atoms with E-state index in [1.54, 1.807) is 0 Å². The van der Waals surface area contributed by atoms with Gasteiger partial charge in [0.2, 0.25) is 0 Å². The third kappa shape index (κ3) is 9.22. The highest BCUT2D eigenvalue weighted by Crippen LogP contribution is 2.56. The second-order valence-electron chi connectivity index (χ2n) is 30.4. The van der Waals surface area contributed by atoms with Gasteiger partial charge in [-0.05, 0) is 221 Å². The van der Waals surface area contributed by atoms with Gasteiger partial charge in [0.05, 0.1) is 50.7 Å². The van der Waals surface area contributed by atoms with Gasteiger partial charge >= 0.3 is 0 Å². The Bertz CT molecular complexity index is 7030. The monoisotopic (exact) mass is 1390 g/mol. The number of hydrogen-bond donors (Lipinski definition) is 0. The molecule has 5 aliphatic rings. The van der Waals surface area contributed by atoms with Gasteiger partial charge in [0.25, 0.3) is 0 Å². The van der Waals surface area contributed by atoms with Crippen LogP contribution < -0.4 is 9.80 Å². The molecule has 0 spiro atoms. The van der Waals surface area contributed by atoms with Crippen LogP contribution in [0.4, 0.5) is 22.7 Å². The van der Waals surface area contributed by atoms with Gasteiger partial charge < -0.3 is 28.1 Å². The molecule has 0 saturated carbocycles. The molecule has 0 radical (unpaired) electrons. The van der Waals surface area contributed by atoms with Crippen molar-refractivity contribution in [2.45, 2.75) is 43.2 Å². The molecule has 6 heteroatoms. The molecule has 4 unspecified atom stereocenters. The van der Waals surface area contributed by atoms with E-state index in [9.17, 15) is 0 Å². The summed E-state index contributed by atoms with van der Waals surface area (Å²) >= 11 is 0. The van der Waals surface area contributed by atoms with Gasteiger partial charge in [-0.3, -0.25) is 0 Å². The van der Waals surface area contributed by atoms with Crippen LogP contribution in [-0.4, -0.2) is 30.4 Å². The number of para-hydroxylation sites is 6. The summed E-state index contributed by atoms with van der Waals surface area (Å²) < 4.78 is 9.94. The number of hydrogen-bond acceptors (Lipinski definition) is 2. The molecule has 109 heavy (non-hydrogen) atoms. The van der Waals surface area contributed by atoms with Gasteiger partial charge in [-0.25, -0.2) is 0 Å². The fourth-order valence-corrected chi connectivity index (χ4v) is 19.7. The second kappa shape index (κ2) is 23.9. The van der Waals surface area contributed by atoms with Crippen molar-refractivity contribution in [3.63, 3.8) is 0 Å². The maximum Gasteiger partial charge on any atom is 0.0655 e. The van der Waals surface area contributed by atoms with Crippen molar-refractivity contribution >= 4 is 105 Å². The van der Waals surface area contributed by atoms with Crippen molar-refractivity contribution in [3.05, 3.63) is 393 Å². The normalized spacial score (nSPS) is 17.4. The number of allylic oxidation sites excluding steroid dienone is 5. The molecule has 2 aliphatic heterocycles. The quantitative estimate of drug-likeness (QED) is 0.136. The maximum absolute atomic E-state index is 2.65. The highest BCUT2D eigenvalue weighted by molar-refractivity contribution is 6.29. The zero-order chi connectivity index (χ0) is 71.6. The summed E-state index contributed by atoms with van der Waals surface area (Å²) in [6.07, 6.45) is 25.4. The lowest BCUT2D eigenvalue weighted by molar-refractivity contribution is 0.551. The SMILES string of the molecule is CC12C=CC=CC1N(c1ccccc1)c1cc3c(cc12)c1c(n3-c2cccc(-c3cccc(-c4cc(-c5cccc(-c6cccc(-n7c8ccccc8c8c9c%10ccccc%10n(-c%10ccccc%10)c9ccc87)c6)c5)cc(N5c6ccc7c(c6C6C=CC=CC65)c5ccccc5n7-c5ccccc5)c4)c3)c2)CCC=C1. The molecule has 0 N–H and O–H groups in total. The lowest BCUT2D eigenvalue weighted by Crippen LogP contribution is -2.39. The van der Waals surface area contributed by atoms with E-state index in [-0.39, 0.29) is 23.4 Å². The topological polar surface area (TPSA) is 26.2 Å². The van der Waals surface area contributed by atoms with E-state index in [0.29, 0.717) is 0 Å². The van der Waals surface area contributed by atoms with Gasteiger partial charge in [0.15, 0.2) is 0 Å². The highest BCUT2D eigenvalue weighted by atomic mass is 15.2. The average molecular weight is 1390 g/mol. The van der Waals surface area contributed by atoms with Crippen LogP contribution in [0.25, 0.3) is 150 Å². The van der Waals surface area contributed by atoms with Crippen LogP contribution in [0.3, 0.4) is 0 Å². The van der Waals surface area contributed by atoms with Crippen LogP contribution in [0.5, 0.6) is 0 Å². The molecule has 23 rings (SSSR count). The first-order valence-electron chi connectivity index (χ1n) is 38.4. The highest BCUT2D eigenvalue weighted by Gasteiger charge is 2.47. The first-order valence-corrected chi connectivity index (χ1v) is 38.4. The first kappa shape index (κ1) is 61.6. The third-order valence-electron chi connectivity index (χ3n) is 24.5. The van der Waals surface area contributed by atoms with Gasteiger partial charge in [0, 0.05) is 106 Å². The Morgan fingerprint density at radius 1 is 0.312 bits per heavy atom. The van der Waals surface area contributed by atoms with E-state index >= 15 is 0 Å². The van der Waals surface area contributed by atoms with Gasteiger partial charge in [-0.1, -0.05) is 231 Å². The summed E-state index contributed by atoms with van der Waals surface area (Å²) in [5.74, 6) is 0.108. The van der Waals surface area contributed by atoms with Gasteiger partial charge in [-0.2, -0.15) is 0 Å². The van der Waals surface area contributed by atoms with E-state index in [1.807, 2.05) is 0 Å². The number of rotatable bonds is 10. The Morgan fingerprint density at radius 2 is 0.771 bits per heavy atom. The molecule has 6 nitrogen and oxygen atoms in total. The Balaban J connectivity index is 0.676. The molecule has 14 aromatic carbocycles. The average Bonchev–Trinajstić information content (AvgIpc) is 1.55. The summed E-state index contributed by atoms with van der Waals surface area (Å²) in [6, 6.07) is 119. The van der Waals surface area contributed by atoms with Crippen molar-refractivity contribution in [1.29, 1.82) is 0 Å². The molecule has 3 aliphatic carbocycles. The van der Waals surface area contributed by atoms with Crippen molar-refractivity contribution in [2.24, 2.45) is 0 Å². The Hall–Kier alpha value is -13.7. The Labute approximate surface area is 632 Å². The van der Waals surface area contributed by atoms with Crippen molar-refractivity contribution in [1.82, 2.24) is 18.3 Å². The van der Waals surface area contributed by atoms with E-state index < -0.39 is 0 Å². The zero-order valence-corrected chi connectivity index (χ0v) is 60.1. The van der Waals surface area contributed by atoms with Gasteiger partial charge in [-0.15, -0.1) is 0 Å². The van der Waals surface area contributed by atoms with Crippen LogP contribution in [0.15, 0.2) is 370 Å². The molecule has 0 saturated heterocycles. The summed E-state index contributed by atoms with van der Waals surface area (Å²) in [6.45, 7) is 2.42. The molecular weight excluding hydrogens is 1320 g/mol. The molecular formula is C103H72N6. The predicted octanol–water partition coefficient (Wildman–Crippen LogP) is 26.2. The fraction of sp³-hybridized carbons (Fsp3) is 0.0680. The van der Waals surface area contributed by atoms with Crippen LogP contribution >= 0.6 is 0 Å². The minimum atomic E-state index is -0.187. The fourth-order valence-electron chi connectivity index (χ4n) is 19.7. The number of aromatic nitrogens is 4. The number of nitrogens with zero attached hydrogens (tertiary/aromatic N) is 6. The van der Waals surface area contributed by atoms with Gasteiger partial charge in [0.1, 0.15) is 0 Å². The van der Waals surface area contributed by atoms with Crippen molar-refractivity contribution in [2.75, 3.05) is 9.80 Å². The standard InChI is InChI=1S/C103H72N6/c1-103-56-22-21-51-98(103)109(76-37-9-4-10-38-76)97-65-96-85(64-86(97)103)80-41-11-16-46-87(80)107(96)78-40-26-32-71(61-78)67-28-24-30-69(58-67)73-59-72(62-79(63-73)108-91-50-20-15-45-84(91)102-95(108)55-53-93-100(102)82-43-13-18-48-89(82)105(93)75-35-7-3-8-36-75)68-29-23-27-66(57-68)70-31-25-39-77(60-70)106-90-49-19-14-44-83(90)101-94(106)54-52-92-99(101)81-42-12-17-47-88(81)104(92)74-33-5-2-6-34-74/h2-15,17-45,47-65,84,91,98H,16,46H2,1H3. The van der Waals surface area contributed by atoms with E-state index in [0.717, 1.165) is 69.0 Å². The minimum absolute atomic E-state index is 0.0320. The van der Waals surface area contributed by atoms with Crippen LogP contribution in [-0.2, 0) is 11.8 Å². The van der Waals surface area contributed by atoms with E-state index in [2.05, 4.69) is 411 Å². The Morgan fingerprint density at radius 3 is 1.38 bits per heavy atom. The van der Waals surface area contributed by atoms with Crippen LogP contribution in [0.2, 0.25) is 0 Å². The predicted molar refractivity (Wildman–Crippen MR) is 457 cm³/mol. The number of benzene rings is 14. The van der Waals surface area contributed by atoms with E-state index in [4.69, 9.17) is 0 Å². The second-order valence-corrected chi connectivity index (χ2v) is 30.4. The molecule has 0 amide bonds. The molecule has 4 aromatic heterocycles. The largest absolute Gasteiger partial charge is 0.333 e. The molecule has 0 fully saturated rings. The first-order chi connectivity index (χ1) is 54.0. The lowest BCUT2D eigenvalue weighted by Gasteiger charge is -2.34. The summed E-state index contributed by atoms with van der Waals surface area (Å²) in [4.78, 5) is 5.22. The molecule has 514 valence electrons. The van der Waals surface area contributed by atoms with Crippen molar-refractivity contribution in [3.8, 4) is 67.3 Å². The summed E-state index contributed by atoms with van der Waals surface area (Å²) in [7, 11) is 0. The van der Waals surface area contributed by atoms with Crippen molar-refractivity contribution < 1.29 is 0 Å². The van der Waals surface area contributed by atoms with E-state index in [1.165, 1.54) is 133 Å². The molecule has 6 heterocycles. The molecule has 0 bridgehead atoms. The zero-order valence-electron chi connectivity index (χ0n) is 60.1. The van der Waals surface area contributed by atoms with Crippen LogP contribution in [0.1, 0.15) is 41.6 Å². The minimum Gasteiger partial charge on any atom is -0.333 e. The smallest absolute Gasteiger partial charge is 0.0655 e. The third-order valence-corrected chi connectivity index (χ3v) is 24.5. The Kier molecular flexibility index (Phi) is 13.5. The maximum atomic E-state index is 2.65. The lowest BCUT2D eigenvalue weighted by atomic mass is 9.75. The summed E-state index contributed by atoms with van der Waals surface area (Å²) in [5, 5.41) is 8.90. The molecule has 4 atom stereocenters. The number of fused-ring (bicyclic) bond motifs is 20. The molecule has 18 aromatic rings. The number of anilines is 4. The summed E-state index contributed by atoms with van der Waals surface area (Å²) in [5.41, 5.74) is 32.4. The van der Waals surface area contributed by atoms with Crippen LogP contribution in [0, 0.1) is 0 Å².